The van der Waals surface area contributed by atoms with Crippen molar-refractivity contribution in [1.82, 2.24) is 0 Å². The van der Waals surface area contributed by atoms with Crippen LogP contribution < -0.4 is 0 Å². The summed E-state index contributed by atoms with van der Waals surface area (Å²) in [6.07, 6.45) is -6.73. The van der Waals surface area contributed by atoms with Crippen LogP contribution in [-0.4, -0.2) is 118 Å². The molecule has 0 spiro atoms. The molecule has 0 saturated carbocycles. The quantitative estimate of drug-likeness (QED) is 0.105. The Morgan fingerprint density at radius 2 is 1.00 bits per heavy atom. The van der Waals surface area contributed by atoms with E-state index in [0.29, 0.717) is 19.6 Å². The van der Waals surface area contributed by atoms with Crippen molar-refractivity contribution in [3.05, 3.63) is 71.8 Å². The fourth-order valence-electron chi connectivity index (χ4n) is 9.94. The van der Waals surface area contributed by atoms with Gasteiger partial charge in [0.25, 0.3) is 0 Å². The predicted octanol–water partition coefficient (Wildman–Crippen LogP) is 8.29. The van der Waals surface area contributed by atoms with Crippen LogP contribution in [0.3, 0.4) is 0 Å². The van der Waals surface area contributed by atoms with Gasteiger partial charge in [0.05, 0.1) is 62.5 Å². The first-order chi connectivity index (χ1) is 32.5. The van der Waals surface area contributed by atoms with Crippen LogP contribution in [0.1, 0.15) is 108 Å². The van der Waals surface area contributed by atoms with Gasteiger partial charge >= 0.3 is 16.4 Å². The molecule has 2 aromatic rings. The van der Waals surface area contributed by atoms with Gasteiger partial charge in [-0.3, -0.25) is 4.55 Å². The molecule has 0 bridgehead atoms. The van der Waals surface area contributed by atoms with Crippen molar-refractivity contribution in [3.8, 4) is 0 Å². The second-order valence-corrected chi connectivity index (χ2v) is 22.0. The van der Waals surface area contributed by atoms with E-state index in [0.717, 1.165) is 11.1 Å². The molecule has 20 atom stereocenters. The molecule has 6 rings (SSSR count). The normalized spacial score (nSPS) is 38.9. The van der Waals surface area contributed by atoms with Crippen molar-refractivity contribution in [1.29, 1.82) is 0 Å². The molecule has 4 aliphatic heterocycles. The zero-order chi connectivity index (χ0) is 50.4. The van der Waals surface area contributed by atoms with Crippen LogP contribution in [0.25, 0.3) is 0 Å². The number of carbonyl (C=O) groups is 1. The second kappa shape index (κ2) is 24.4. The number of carbonyl (C=O) groups excluding carboxylic acids is 1. The van der Waals surface area contributed by atoms with Crippen LogP contribution in [0.5, 0.6) is 0 Å². The monoisotopic (exact) mass is 993 g/mol. The van der Waals surface area contributed by atoms with Gasteiger partial charge in [-0.05, 0) is 69.9 Å². The van der Waals surface area contributed by atoms with Crippen LogP contribution in [-0.2, 0) is 84.7 Å². The van der Waals surface area contributed by atoms with Gasteiger partial charge in [0.2, 0.25) is 0 Å². The van der Waals surface area contributed by atoms with Crippen molar-refractivity contribution in [2.24, 2.45) is 41.4 Å². The highest BCUT2D eigenvalue weighted by atomic mass is 32.3. The van der Waals surface area contributed by atoms with Crippen LogP contribution in [0, 0.1) is 41.4 Å². The van der Waals surface area contributed by atoms with Crippen LogP contribution in [0.2, 0.25) is 0 Å². The Labute approximate surface area is 410 Å². The minimum Gasteiger partial charge on any atom is -0.458 e. The lowest BCUT2D eigenvalue weighted by Gasteiger charge is -2.51. The maximum atomic E-state index is 12.7. The van der Waals surface area contributed by atoms with E-state index in [9.17, 15) is 17.8 Å². The summed E-state index contributed by atoms with van der Waals surface area (Å²) in [7, 11) is -4.67. The van der Waals surface area contributed by atoms with Crippen LogP contribution >= 0.6 is 0 Å². The molecule has 69 heavy (non-hydrogen) atoms. The van der Waals surface area contributed by atoms with Gasteiger partial charge in [0.15, 0.2) is 25.2 Å². The van der Waals surface area contributed by atoms with Gasteiger partial charge < -0.3 is 52.1 Å². The summed E-state index contributed by atoms with van der Waals surface area (Å²) in [6, 6.07) is 19.9. The van der Waals surface area contributed by atoms with E-state index in [4.69, 9.17) is 56.3 Å². The van der Waals surface area contributed by atoms with Gasteiger partial charge in [0, 0.05) is 23.7 Å². The second-order valence-electron chi connectivity index (χ2n) is 20.9. The topological polar surface area (TPSA) is 182 Å². The highest BCUT2D eigenvalue weighted by molar-refractivity contribution is 7.80. The molecule has 4 saturated heterocycles. The molecule has 17 heteroatoms. The maximum Gasteiger partial charge on any atom is 0.397 e. The first-order valence-corrected chi connectivity index (χ1v) is 26.3. The lowest BCUT2D eigenvalue weighted by molar-refractivity contribution is -0.367. The van der Waals surface area contributed by atoms with Gasteiger partial charge in [-0.1, -0.05) is 116 Å². The Hall–Kier alpha value is -2.62. The summed E-state index contributed by atoms with van der Waals surface area (Å²) < 4.78 is 109. The van der Waals surface area contributed by atoms with Crippen molar-refractivity contribution in [3.63, 3.8) is 0 Å². The summed E-state index contributed by atoms with van der Waals surface area (Å²) >= 11 is 0. The number of hydrogen-bond acceptors (Lipinski definition) is 15. The SMILES string of the molecule is CCC1O[C@H](O[C@@H]2C(C)O[C@@H](OCC(=O)OC(C)(C)C)C(C)[C@@H]2OCc2ccccc2)C(C)[C@@H](C)[C@@H]1O[C@@H]1OC(C)[C@@H](O[C@@H]2OC(COS(=O)(=O)O)[C@@H](C)[C@H](C)C2C)[C@@H](OCc2ccccc2)C1C. The Balaban J connectivity index is 1.17. The molecule has 1 N–H and O–H groups in total. The molecular formula is C52H80O16S. The molecule has 4 fully saturated rings. The van der Waals surface area contributed by atoms with Gasteiger partial charge in [-0.25, -0.2) is 8.98 Å². The largest absolute Gasteiger partial charge is 0.458 e. The number of hydrogen-bond donors (Lipinski definition) is 1. The third-order valence-corrected chi connectivity index (χ3v) is 15.0. The van der Waals surface area contributed by atoms with E-state index < -0.39 is 89.9 Å². The zero-order valence-electron chi connectivity index (χ0n) is 42.8. The smallest absolute Gasteiger partial charge is 0.397 e. The average Bonchev–Trinajstić information content (AvgIpc) is 3.29. The first-order valence-electron chi connectivity index (χ1n) is 24.9. The summed E-state index contributed by atoms with van der Waals surface area (Å²) in [6.45, 7) is 25.8. The molecule has 0 amide bonds. The summed E-state index contributed by atoms with van der Waals surface area (Å²) in [5.41, 5.74) is 1.35. The lowest BCUT2D eigenvalue weighted by Crippen LogP contribution is -2.61. The fraction of sp³-hybridized carbons (Fsp3) is 0.750. The highest BCUT2D eigenvalue weighted by Crippen LogP contribution is 2.43. The summed E-state index contributed by atoms with van der Waals surface area (Å²) in [4.78, 5) is 12.7. The van der Waals surface area contributed by atoms with Gasteiger partial charge in [0.1, 0.15) is 24.4 Å². The van der Waals surface area contributed by atoms with Crippen molar-refractivity contribution >= 4 is 16.4 Å². The molecule has 2 aromatic carbocycles. The maximum absolute atomic E-state index is 12.7. The third kappa shape index (κ3) is 14.8. The van der Waals surface area contributed by atoms with E-state index in [-0.39, 0.29) is 66.8 Å². The minimum absolute atomic E-state index is 0.0508. The molecule has 0 aliphatic carbocycles. The number of benzene rings is 2. The number of ether oxygens (including phenoxy) is 11. The van der Waals surface area contributed by atoms with E-state index in [2.05, 4.69) is 27.7 Å². The number of esters is 1. The molecular weight excluding hydrogens is 913 g/mol. The Morgan fingerprint density at radius 1 is 0.551 bits per heavy atom. The molecule has 4 aliphatic rings. The van der Waals surface area contributed by atoms with Crippen LogP contribution in [0.4, 0.5) is 0 Å². The Kier molecular flexibility index (Phi) is 19.7. The Morgan fingerprint density at radius 3 is 1.49 bits per heavy atom. The molecule has 4 heterocycles. The fourth-order valence-corrected chi connectivity index (χ4v) is 10.3. The molecule has 16 nitrogen and oxygen atoms in total. The average molecular weight is 993 g/mol. The van der Waals surface area contributed by atoms with Crippen LogP contribution in [0.15, 0.2) is 60.7 Å². The van der Waals surface area contributed by atoms with Crippen molar-refractivity contribution in [2.75, 3.05) is 13.2 Å². The third-order valence-electron chi connectivity index (χ3n) is 14.6. The summed E-state index contributed by atoms with van der Waals surface area (Å²) in [5.74, 6) is -1.42. The minimum atomic E-state index is -4.67. The van der Waals surface area contributed by atoms with Crippen molar-refractivity contribution in [2.45, 2.75) is 195 Å². The van der Waals surface area contributed by atoms with Gasteiger partial charge in [-0.15, -0.1) is 0 Å². The number of rotatable bonds is 19. The first kappa shape index (κ1) is 55.7. The molecule has 390 valence electrons. The lowest BCUT2D eigenvalue weighted by atomic mass is 9.79. The standard InChI is InChI=1S/C52H80O16S/c1-14-40-43(31(4)33(6)50(63-40)67-46-36(9)61-48(59-28-42(53)68-52(11,12)13)34(7)44(46)57-25-38-21-17-15-18-22-38)65-51-35(8)45(58-26-39-23-19-16-20-24-39)47(37(10)62-51)66-49-32(5)29(2)30(3)41(64-49)27-60-69(54,55)56/h15-24,29-37,40-41,43-51H,14,25-28H2,1-13H3,(H,54,55,56)/t29-,30-,31+,32?,33?,34?,35?,36?,37?,40?,41?,43-,44-,45-,46+,47+,48+,49-,50+,51-/m0/s1. The van der Waals surface area contributed by atoms with Gasteiger partial charge in [-0.2, -0.15) is 8.42 Å². The van der Waals surface area contributed by atoms with E-state index in [1.165, 1.54) is 0 Å². The summed E-state index contributed by atoms with van der Waals surface area (Å²) in [5, 5.41) is 0. The molecule has 0 radical (unpaired) electrons. The molecule has 0 aromatic heterocycles. The predicted molar refractivity (Wildman–Crippen MR) is 254 cm³/mol. The van der Waals surface area contributed by atoms with E-state index in [1.54, 1.807) is 0 Å². The Bertz CT molecular complexity index is 1980. The van der Waals surface area contributed by atoms with Crippen molar-refractivity contribution < 1.29 is 74.1 Å². The highest BCUT2D eigenvalue weighted by Gasteiger charge is 2.53. The van der Waals surface area contributed by atoms with E-state index in [1.807, 2.05) is 123 Å². The van der Waals surface area contributed by atoms with E-state index >= 15 is 0 Å². The zero-order valence-corrected chi connectivity index (χ0v) is 43.7. The molecule has 8 unspecified atom stereocenters.